The predicted octanol–water partition coefficient (Wildman–Crippen LogP) is 3.18. The van der Waals surface area contributed by atoms with E-state index in [1.807, 2.05) is 42.5 Å². The molecule has 1 amide bonds. The molecule has 0 aromatic heterocycles. The summed E-state index contributed by atoms with van der Waals surface area (Å²) in [5, 5.41) is 6.75. The van der Waals surface area contributed by atoms with Gasteiger partial charge in [0.1, 0.15) is 0 Å². The number of halogens is 1. The quantitative estimate of drug-likeness (QED) is 0.734. The molecular weight excluding hydrogens is 296 g/mol. The van der Waals surface area contributed by atoms with Crippen LogP contribution in [0.1, 0.15) is 17.5 Å². The van der Waals surface area contributed by atoms with Crippen molar-refractivity contribution in [3.05, 3.63) is 70.7 Å². The molecule has 0 aliphatic carbocycles. The molecule has 0 radical (unpaired) electrons. The summed E-state index contributed by atoms with van der Waals surface area (Å²) < 4.78 is 0. The first-order valence-electron chi connectivity index (χ1n) is 7.50. The molecular formula is C18H21ClN2O. The van der Waals surface area contributed by atoms with Crippen molar-refractivity contribution < 1.29 is 4.79 Å². The molecule has 2 N–H and O–H groups in total. The van der Waals surface area contributed by atoms with Gasteiger partial charge < -0.3 is 10.6 Å². The van der Waals surface area contributed by atoms with Crippen molar-refractivity contribution in [1.82, 2.24) is 10.6 Å². The average Bonchev–Trinajstić information content (AvgIpc) is 2.55. The van der Waals surface area contributed by atoms with E-state index in [9.17, 15) is 4.79 Å². The van der Waals surface area contributed by atoms with Gasteiger partial charge in [0.2, 0.25) is 5.91 Å². The Morgan fingerprint density at radius 1 is 0.955 bits per heavy atom. The molecule has 2 aromatic rings. The maximum atomic E-state index is 11.7. The molecule has 0 fully saturated rings. The van der Waals surface area contributed by atoms with Gasteiger partial charge in [-0.05, 0) is 42.6 Å². The molecule has 2 rings (SSSR count). The maximum Gasteiger partial charge on any atom is 0.234 e. The highest BCUT2D eigenvalue weighted by Crippen LogP contribution is 2.08. The van der Waals surface area contributed by atoms with Crippen molar-refractivity contribution in [1.29, 1.82) is 0 Å². The van der Waals surface area contributed by atoms with Gasteiger partial charge in [0.25, 0.3) is 0 Å². The number of carbonyl (C=O) groups excluding carboxylic acids is 1. The lowest BCUT2D eigenvalue weighted by Gasteiger charge is -2.07. The summed E-state index contributed by atoms with van der Waals surface area (Å²) in [7, 11) is 0. The van der Waals surface area contributed by atoms with Crippen molar-refractivity contribution >= 4 is 17.5 Å². The highest BCUT2D eigenvalue weighted by Gasteiger charge is 2.01. The van der Waals surface area contributed by atoms with E-state index < -0.39 is 0 Å². The van der Waals surface area contributed by atoms with Gasteiger partial charge in [0, 0.05) is 11.6 Å². The zero-order valence-corrected chi connectivity index (χ0v) is 13.3. The molecule has 116 valence electrons. The SMILES string of the molecule is O=C(CNCCCc1ccccc1)NCc1ccc(Cl)cc1. The predicted molar refractivity (Wildman–Crippen MR) is 90.9 cm³/mol. The van der Waals surface area contributed by atoms with Gasteiger partial charge in [-0.1, -0.05) is 54.1 Å². The minimum absolute atomic E-state index is 0.00895. The molecule has 4 heteroatoms. The first kappa shape index (κ1) is 16.5. The third-order valence-electron chi connectivity index (χ3n) is 3.35. The zero-order chi connectivity index (χ0) is 15.6. The molecule has 0 bridgehead atoms. The number of nitrogens with one attached hydrogen (secondary N) is 2. The lowest BCUT2D eigenvalue weighted by atomic mass is 10.1. The van der Waals surface area contributed by atoms with Gasteiger partial charge >= 0.3 is 0 Å². The summed E-state index contributed by atoms with van der Waals surface area (Å²) in [6.07, 6.45) is 2.05. The fraction of sp³-hybridized carbons (Fsp3) is 0.278. The summed E-state index contributed by atoms with van der Waals surface area (Å²) in [6.45, 7) is 1.72. The maximum absolute atomic E-state index is 11.7. The molecule has 0 heterocycles. The summed E-state index contributed by atoms with van der Waals surface area (Å²) in [6, 6.07) is 17.8. The molecule has 0 aliphatic rings. The van der Waals surface area contributed by atoms with E-state index >= 15 is 0 Å². The third-order valence-corrected chi connectivity index (χ3v) is 3.60. The summed E-state index contributed by atoms with van der Waals surface area (Å²) >= 11 is 5.82. The molecule has 0 atom stereocenters. The van der Waals surface area contributed by atoms with Crippen molar-refractivity contribution in [3.8, 4) is 0 Å². The Morgan fingerprint density at radius 3 is 2.41 bits per heavy atom. The number of carbonyl (C=O) groups is 1. The number of amides is 1. The van der Waals surface area contributed by atoms with Gasteiger partial charge in [0.05, 0.1) is 6.54 Å². The topological polar surface area (TPSA) is 41.1 Å². The van der Waals surface area contributed by atoms with Crippen LogP contribution < -0.4 is 10.6 Å². The highest BCUT2D eigenvalue weighted by atomic mass is 35.5. The second-order valence-electron chi connectivity index (χ2n) is 5.17. The lowest BCUT2D eigenvalue weighted by molar-refractivity contribution is -0.120. The van der Waals surface area contributed by atoms with Gasteiger partial charge in [-0.3, -0.25) is 4.79 Å². The van der Waals surface area contributed by atoms with Crippen molar-refractivity contribution in [3.63, 3.8) is 0 Å². The molecule has 22 heavy (non-hydrogen) atoms. The molecule has 0 spiro atoms. The normalized spacial score (nSPS) is 10.4. The van der Waals surface area contributed by atoms with E-state index in [-0.39, 0.29) is 5.91 Å². The van der Waals surface area contributed by atoms with Crippen LogP contribution in [0.25, 0.3) is 0 Å². The molecule has 0 unspecified atom stereocenters. The van der Waals surface area contributed by atoms with E-state index in [0.29, 0.717) is 18.1 Å². The fourth-order valence-corrected chi connectivity index (χ4v) is 2.26. The Morgan fingerprint density at radius 2 is 1.68 bits per heavy atom. The average molecular weight is 317 g/mol. The van der Waals surface area contributed by atoms with Crippen molar-refractivity contribution in [2.45, 2.75) is 19.4 Å². The smallest absolute Gasteiger partial charge is 0.234 e. The van der Waals surface area contributed by atoms with Crippen LogP contribution in [0.2, 0.25) is 5.02 Å². The van der Waals surface area contributed by atoms with Crippen LogP contribution in [-0.4, -0.2) is 19.0 Å². The number of benzene rings is 2. The molecule has 3 nitrogen and oxygen atoms in total. The Hall–Kier alpha value is -1.84. The number of hydrogen-bond donors (Lipinski definition) is 2. The molecule has 0 saturated heterocycles. The Kier molecular flexibility index (Phi) is 6.94. The number of hydrogen-bond acceptors (Lipinski definition) is 2. The van der Waals surface area contributed by atoms with E-state index in [1.165, 1.54) is 5.56 Å². The van der Waals surface area contributed by atoms with Gasteiger partial charge in [-0.25, -0.2) is 0 Å². The third kappa shape index (κ3) is 6.29. The molecule has 2 aromatic carbocycles. The summed E-state index contributed by atoms with van der Waals surface area (Å²) in [4.78, 5) is 11.7. The molecule has 0 aliphatic heterocycles. The van der Waals surface area contributed by atoms with Crippen molar-refractivity contribution in [2.75, 3.05) is 13.1 Å². The standard InChI is InChI=1S/C18H21ClN2O/c19-17-10-8-16(9-11-17)13-21-18(22)14-20-12-4-7-15-5-2-1-3-6-15/h1-3,5-6,8-11,20H,4,7,12-14H2,(H,21,22). The number of rotatable bonds is 8. The Labute approximate surface area is 136 Å². The first-order valence-corrected chi connectivity index (χ1v) is 7.87. The largest absolute Gasteiger partial charge is 0.351 e. The second kappa shape index (κ2) is 9.23. The van der Waals surface area contributed by atoms with Gasteiger partial charge in [-0.15, -0.1) is 0 Å². The van der Waals surface area contributed by atoms with Crippen LogP contribution in [0.15, 0.2) is 54.6 Å². The molecule has 0 saturated carbocycles. The van der Waals surface area contributed by atoms with Gasteiger partial charge in [-0.2, -0.15) is 0 Å². The Balaban J connectivity index is 1.55. The van der Waals surface area contributed by atoms with Crippen LogP contribution in [0.5, 0.6) is 0 Å². The van der Waals surface area contributed by atoms with Crippen LogP contribution >= 0.6 is 11.6 Å². The minimum atomic E-state index is 0.00895. The van der Waals surface area contributed by atoms with E-state index in [4.69, 9.17) is 11.6 Å². The van der Waals surface area contributed by atoms with Crippen LogP contribution in [0.4, 0.5) is 0 Å². The van der Waals surface area contributed by atoms with E-state index in [2.05, 4.69) is 22.8 Å². The first-order chi connectivity index (χ1) is 10.7. The van der Waals surface area contributed by atoms with Crippen LogP contribution in [0.3, 0.4) is 0 Å². The summed E-state index contributed by atoms with van der Waals surface area (Å²) in [5.74, 6) is 0.00895. The fourth-order valence-electron chi connectivity index (χ4n) is 2.13. The zero-order valence-electron chi connectivity index (χ0n) is 12.5. The van der Waals surface area contributed by atoms with Crippen molar-refractivity contribution in [2.24, 2.45) is 0 Å². The summed E-state index contributed by atoms with van der Waals surface area (Å²) in [5.41, 5.74) is 2.37. The monoisotopic (exact) mass is 316 g/mol. The van der Waals surface area contributed by atoms with Gasteiger partial charge in [0.15, 0.2) is 0 Å². The van der Waals surface area contributed by atoms with E-state index in [0.717, 1.165) is 24.9 Å². The lowest BCUT2D eigenvalue weighted by Crippen LogP contribution is -2.34. The highest BCUT2D eigenvalue weighted by molar-refractivity contribution is 6.30. The minimum Gasteiger partial charge on any atom is -0.351 e. The Bertz CT molecular complexity index is 569. The second-order valence-corrected chi connectivity index (χ2v) is 5.61. The van der Waals surface area contributed by atoms with Crippen LogP contribution in [-0.2, 0) is 17.8 Å². The van der Waals surface area contributed by atoms with Crippen LogP contribution in [0, 0.1) is 0 Å². The number of aryl methyl sites for hydroxylation is 1. The van der Waals surface area contributed by atoms with E-state index in [1.54, 1.807) is 0 Å².